The van der Waals surface area contributed by atoms with Crippen LogP contribution in [0.25, 0.3) is 11.1 Å². The van der Waals surface area contributed by atoms with Crippen molar-refractivity contribution in [2.75, 3.05) is 12.4 Å². The molecule has 0 aliphatic heterocycles. The number of halogens is 2. The van der Waals surface area contributed by atoms with Crippen molar-refractivity contribution in [2.45, 2.75) is 17.0 Å². The number of nitrogens with one attached hydrogen (secondary N) is 1. The highest BCUT2D eigenvalue weighted by atomic mass is 35.5. The predicted molar refractivity (Wildman–Crippen MR) is 130 cm³/mol. The maximum atomic E-state index is 13.1. The van der Waals surface area contributed by atoms with E-state index in [1.165, 1.54) is 31.8 Å². The fraction of sp³-hybridized carbons (Fsp3) is 0.143. The Morgan fingerprint density at radius 1 is 1.15 bits per heavy atom. The molecule has 0 atom stereocenters. The zero-order valence-electron chi connectivity index (χ0n) is 19.2. The molecule has 1 amide bonds. The van der Waals surface area contributed by atoms with Gasteiger partial charge in [-0.15, -0.1) is 10.2 Å². The van der Waals surface area contributed by atoms with Crippen LogP contribution in [0.1, 0.15) is 24.5 Å². The summed E-state index contributed by atoms with van der Waals surface area (Å²) in [5.74, 6) is -0.0285. The second kappa shape index (κ2) is 10.4. The van der Waals surface area contributed by atoms with Crippen LogP contribution in [0.5, 0.6) is 5.75 Å². The number of amides is 1. The standard InChI is InChI=1S/C21H16Cl2N6O2S2/c1-11-5-14(15-6-18(23)26-9-17(15)31-2)16(8-24-11)19(30)27-20-28-29-21(33-20)32-10-13-4-3-12(22)7-25-13/h3-9H,10H2,1-2H3,(H,27,28,30)/i10D2. The number of ether oxygens (including phenoxy) is 1. The third-order valence-corrected chi connectivity index (χ3v) is 6.36. The van der Waals surface area contributed by atoms with Crippen molar-refractivity contribution >= 4 is 57.3 Å². The van der Waals surface area contributed by atoms with E-state index in [9.17, 15) is 4.79 Å². The topological polar surface area (TPSA) is 103 Å². The monoisotopic (exact) mass is 520 g/mol. The highest BCUT2D eigenvalue weighted by Crippen LogP contribution is 2.34. The molecule has 0 spiro atoms. The molecular formula is C21H16Cl2N6O2S2. The number of hydrogen-bond donors (Lipinski definition) is 1. The minimum absolute atomic E-state index is 0.188. The van der Waals surface area contributed by atoms with Crippen molar-refractivity contribution in [3.05, 3.63) is 70.0 Å². The van der Waals surface area contributed by atoms with E-state index in [0.717, 1.165) is 23.1 Å². The van der Waals surface area contributed by atoms with Gasteiger partial charge in [-0.05, 0) is 31.2 Å². The van der Waals surface area contributed by atoms with Gasteiger partial charge in [-0.1, -0.05) is 46.3 Å². The van der Waals surface area contributed by atoms with Gasteiger partial charge in [0.15, 0.2) is 4.34 Å². The first-order valence-electron chi connectivity index (χ1n) is 10.3. The van der Waals surface area contributed by atoms with Gasteiger partial charge in [0.2, 0.25) is 5.13 Å². The Bertz CT molecular complexity index is 1390. The molecule has 4 aromatic heterocycles. The molecule has 0 saturated heterocycles. The van der Waals surface area contributed by atoms with E-state index in [1.54, 1.807) is 25.1 Å². The summed E-state index contributed by atoms with van der Waals surface area (Å²) < 4.78 is 22.3. The van der Waals surface area contributed by atoms with Gasteiger partial charge in [0.05, 0.1) is 29.6 Å². The number of aryl methyl sites for hydroxylation is 1. The molecule has 4 rings (SSSR count). The van der Waals surface area contributed by atoms with E-state index in [1.807, 2.05) is 0 Å². The molecule has 4 aromatic rings. The van der Waals surface area contributed by atoms with Crippen LogP contribution < -0.4 is 10.1 Å². The van der Waals surface area contributed by atoms with Crippen LogP contribution >= 0.6 is 46.3 Å². The Kier molecular flexibility index (Phi) is 6.57. The van der Waals surface area contributed by atoms with Gasteiger partial charge >= 0.3 is 0 Å². The third-order valence-electron chi connectivity index (χ3n) is 4.23. The minimum Gasteiger partial charge on any atom is -0.494 e. The van der Waals surface area contributed by atoms with Crippen molar-refractivity contribution in [3.63, 3.8) is 0 Å². The van der Waals surface area contributed by atoms with Crippen molar-refractivity contribution in [2.24, 2.45) is 0 Å². The molecule has 0 radical (unpaired) electrons. The number of rotatable bonds is 7. The quantitative estimate of drug-likeness (QED) is 0.192. The predicted octanol–water partition coefficient (Wildman–Crippen LogP) is 5.56. The summed E-state index contributed by atoms with van der Waals surface area (Å²) in [4.78, 5) is 25.5. The van der Waals surface area contributed by atoms with Gasteiger partial charge in [0, 0.05) is 37.7 Å². The lowest BCUT2D eigenvalue weighted by Gasteiger charge is -2.13. The summed E-state index contributed by atoms with van der Waals surface area (Å²) in [5.41, 5.74) is 0.408. The first-order chi connectivity index (χ1) is 16.7. The van der Waals surface area contributed by atoms with Crippen molar-refractivity contribution < 1.29 is 12.3 Å². The van der Waals surface area contributed by atoms with Crippen LogP contribution in [-0.4, -0.2) is 38.2 Å². The number of carbonyl (C=O) groups excluding carboxylic acids is 1. The van der Waals surface area contributed by atoms with Crippen LogP contribution in [0.4, 0.5) is 5.13 Å². The maximum absolute atomic E-state index is 13.1. The molecule has 0 aliphatic rings. The summed E-state index contributed by atoms with van der Waals surface area (Å²) in [5, 5.41) is 11.5. The summed E-state index contributed by atoms with van der Waals surface area (Å²) in [6.07, 6.45) is 4.31. The second-order valence-corrected chi connectivity index (χ2v) is 9.33. The zero-order valence-corrected chi connectivity index (χ0v) is 20.3. The first-order valence-corrected chi connectivity index (χ1v) is 11.7. The van der Waals surface area contributed by atoms with E-state index < -0.39 is 11.6 Å². The molecule has 4 heterocycles. The number of aromatic nitrogens is 5. The smallest absolute Gasteiger partial charge is 0.259 e. The van der Waals surface area contributed by atoms with Gasteiger partial charge in [0.25, 0.3) is 5.91 Å². The number of anilines is 1. The number of nitrogens with zero attached hydrogens (tertiary/aromatic N) is 5. The van der Waals surface area contributed by atoms with E-state index in [2.05, 4.69) is 30.5 Å². The van der Waals surface area contributed by atoms with E-state index >= 15 is 0 Å². The largest absolute Gasteiger partial charge is 0.494 e. The van der Waals surface area contributed by atoms with E-state index in [4.69, 9.17) is 30.7 Å². The van der Waals surface area contributed by atoms with Crippen LogP contribution in [0, 0.1) is 6.92 Å². The Hall–Kier alpha value is -2.79. The SMILES string of the molecule is [2H]C([2H])(Sc1nnc(NC(=O)c2cnc(C)cc2-c2cc(Cl)ncc2OC)s1)c1ccc(Cl)cn1. The first kappa shape index (κ1) is 20.8. The normalized spacial score (nSPS) is 12.1. The van der Waals surface area contributed by atoms with Gasteiger partial charge in [-0.2, -0.15) is 0 Å². The lowest BCUT2D eigenvalue weighted by molar-refractivity contribution is 0.102. The number of thioether (sulfide) groups is 1. The summed E-state index contributed by atoms with van der Waals surface area (Å²) in [7, 11) is 1.50. The maximum Gasteiger partial charge on any atom is 0.259 e. The number of pyridine rings is 3. The summed E-state index contributed by atoms with van der Waals surface area (Å²) in [6, 6.07) is 6.42. The Labute approximate surface area is 210 Å². The Morgan fingerprint density at radius 3 is 2.76 bits per heavy atom. The molecule has 8 nitrogen and oxygen atoms in total. The fourth-order valence-electron chi connectivity index (χ4n) is 2.75. The van der Waals surface area contributed by atoms with Crippen LogP contribution in [-0.2, 0) is 5.70 Å². The average Bonchev–Trinajstić information content (AvgIpc) is 3.25. The highest BCUT2D eigenvalue weighted by molar-refractivity contribution is 8.00. The number of hydrogen-bond acceptors (Lipinski definition) is 9. The molecule has 1 N–H and O–H groups in total. The van der Waals surface area contributed by atoms with Crippen LogP contribution in [0.3, 0.4) is 0 Å². The Balaban J connectivity index is 1.57. The highest BCUT2D eigenvalue weighted by Gasteiger charge is 2.19. The fourth-order valence-corrected chi connectivity index (χ4v) is 4.42. The molecular weight excluding hydrogens is 503 g/mol. The van der Waals surface area contributed by atoms with Crippen LogP contribution in [0.2, 0.25) is 10.2 Å². The zero-order chi connectivity index (χ0) is 25.2. The van der Waals surface area contributed by atoms with E-state index in [0.29, 0.717) is 31.9 Å². The molecule has 0 fully saturated rings. The van der Waals surface area contributed by atoms with E-state index in [-0.39, 0.29) is 21.5 Å². The van der Waals surface area contributed by atoms with Crippen molar-refractivity contribution in [1.29, 1.82) is 0 Å². The molecule has 0 aliphatic carbocycles. The molecule has 0 aromatic carbocycles. The lowest BCUT2D eigenvalue weighted by Crippen LogP contribution is -2.14. The summed E-state index contributed by atoms with van der Waals surface area (Å²) in [6.45, 7) is 1.80. The van der Waals surface area contributed by atoms with Crippen molar-refractivity contribution in [1.82, 2.24) is 25.1 Å². The minimum atomic E-state index is -1.88. The average molecular weight is 521 g/mol. The van der Waals surface area contributed by atoms with Crippen molar-refractivity contribution in [3.8, 4) is 16.9 Å². The molecule has 0 bridgehead atoms. The molecule has 0 unspecified atom stereocenters. The third kappa shape index (κ3) is 5.77. The molecule has 0 saturated carbocycles. The summed E-state index contributed by atoms with van der Waals surface area (Å²) >= 11 is 13.8. The van der Waals surface area contributed by atoms with Gasteiger partial charge in [-0.3, -0.25) is 20.1 Å². The molecule has 33 heavy (non-hydrogen) atoms. The molecule has 168 valence electrons. The lowest BCUT2D eigenvalue weighted by atomic mass is 10.0. The van der Waals surface area contributed by atoms with Gasteiger partial charge < -0.3 is 4.74 Å². The second-order valence-electron chi connectivity index (χ2n) is 6.47. The van der Waals surface area contributed by atoms with Gasteiger partial charge in [-0.25, -0.2) is 4.98 Å². The number of methoxy groups -OCH3 is 1. The van der Waals surface area contributed by atoms with Gasteiger partial charge in [0.1, 0.15) is 10.9 Å². The number of carbonyl (C=O) groups is 1. The molecule has 12 heteroatoms. The van der Waals surface area contributed by atoms with Crippen LogP contribution in [0.15, 0.2) is 47.2 Å². The Morgan fingerprint density at radius 2 is 2.00 bits per heavy atom.